The van der Waals surface area contributed by atoms with Crippen molar-refractivity contribution < 1.29 is 19.1 Å². The van der Waals surface area contributed by atoms with E-state index in [9.17, 15) is 9.59 Å². The molecule has 1 aromatic heterocycles. The van der Waals surface area contributed by atoms with E-state index in [0.29, 0.717) is 27.4 Å². The van der Waals surface area contributed by atoms with Crippen LogP contribution in [0.2, 0.25) is 10.0 Å². The van der Waals surface area contributed by atoms with Crippen molar-refractivity contribution in [1.29, 1.82) is 0 Å². The smallest absolute Gasteiger partial charge is 0.258 e. The van der Waals surface area contributed by atoms with Gasteiger partial charge in [0, 0.05) is 11.1 Å². The minimum absolute atomic E-state index is 0.230. The molecule has 3 aromatic rings. The lowest BCUT2D eigenvalue weighted by atomic mass is 10.2. The average molecular weight is 462 g/mol. The maximum Gasteiger partial charge on any atom is 0.258 e. The fraction of sp³-hybridized carbons (Fsp3) is 0.227. The number of nitrogens with one attached hydrogen (secondary N) is 2. The first kappa shape index (κ1) is 22.7. The predicted octanol–water partition coefficient (Wildman–Crippen LogP) is 4.30. The number of amides is 2. The summed E-state index contributed by atoms with van der Waals surface area (Å²) in [5, 5.41) is 6.57. The summed E-state index contributed by atoms with van der Waals surface area (Å²) < 4.78 is 10.8. The van der Waals surface area contributed by atoms with Crippen molar-refractivity contribution >= 4 is 51.6 Å². The molecule has 0 aliphatic heterocycles. The van der Waals surface area contributed by atoms with E-state index < -0.39 is 11.8 Å². The molecule has 2 amide bonds. The zero-order valence-corrected chi connectivity index (χ0v) is 18.7. The first-order chi connectivity index (χ1) is 14.8. The van der Waals surface area contributed by atoms with Crippen LogP contribution < -0.4 is 20.1 Å². The minimum Gasteiger partial charge on any atom is -0.495 e. The van der Waals surface area contributed by atoms with Gasteiger partial charge in [0.15, 0.2) is 12.4 Å². The van der Waals surface area contributed by atoms with Gasteiger partial charge in [0.25, 0.3) is 5.91 Å². The van der Waals surface area contributed by atoms with Crippen molar-refractivity contribution in [3.63, 3.8) is 0 Å². The third kappa shape index (κ3) is 5.57. The van der Waals surface area contributed by atoms with Crippen LogP contribution in [0.25, 0.3) is 10.9 Å². The molecule has 0 bridgehead atoms. The fourth-order valence-electron chi connectivity index (χ4n) is 2.91. The lowest BCUT2D eigenvalue weighted by Crippen LogP contribution is -2.35. The molecule has 0 radical (unpaired) electrons. The largest absolute Gasteiger partial charge is 0.495 e. The van der Waals surface area contributed by atoms with Gasteiger partial charge in [-0.25, -0.2) is 4.98 Å². The third-order valence-corrected chi connectivity index (χ3v) is 4.99. The topological polar surface area (TPSA) is 89.6 Å². The minimum atomic E-state index is -0.488. The number of carbonyl (C=O) groups excluding carboxylic acids is 2. The van der Waals surface area contributed by atoms with Crippen molar-refractivity contribution in [2.24, 2.45) is 0 Å². The van der Waals surface area contributed by atoms with E-state index >= 15 is 0 Å². The molecule has 31 heavy (non-hydrogen) atoms. The molecule has 1 heterocycles. The molecule has 0 aliphatic carbocycles. The Morgan fingerprint density at radius 2 is 1.81 bits per heavy atom. The monoisotopic (exact) mass is 461 g/mol. The van der Waals surface area contributed by atoms with Crippen LogP contribution in [0.1, 0.15) is 11.3 Å². The summed E-state index contributed by atoms with van der Waals surface area (Å²) in [6, 6.07) is 10.6. The number of benzene rings is 2. The van der Waals surface area contributed by atoms with Gasteiger partial charge in [-0.1, -0.05) is 29.3 Å². The lowest BCUT2D eigenvalue weighted by molar-refractivity contribution is -0.125. The Labute approximate surface area is 189 Å². The molecule has 0 saturated carbocycles. The van der Waals surface area contributed by atoms with Crippen LogP contribution in [0.3, 0.4) is 0 Å². The number of pyridine rings is 1. The van der Waals surface area contributed by atoms with Gasteiger partial charge in [-0.15, -0.1) is 0 Å². The molecule has 2 aromatic carbocycles. The van der Waals surface area contributed by atoms with E-state index in [2.05, 4.69) is 15.6 Å². The Kier molecular flexibility index (Phi) is 7.20. The van der Waals surface area contributed by atoms with Crippen molar-refractivity contribution in [1.82, 2.24) is 10.3 Å². The number of ether oxygens (including phenoxy) is 2. The van der Waals surface area contributed by atoms with Crippen molar-refractivity contribution in [2.75, 3.05) is 25.6 Å². The summed E-state index contributed by atoms with van der Waals surface area (Å²) in [7, 11) is 1.52. The molecular weight excluding hydrogens is 441 g/mol. The number of carbonyl (C=O) groups is 2. The molecule has 7 nitrogen and oxygen atoms in total. The molecule has 162 valence electrons. The highest BCUT2D eigenvalue weighted by Crippen LogP contribution is 2.37. The van der Waals surface area contributed by atoms with Gasteiger partial charge in [0.1, 0.15) is 11.3 Å². The number of fused-ring (bicyclic) bond motifs is 1. The van der Waals surface area contributed by atoms with Gasteiger partial charge < -0.3 is 20.1 Å². The van der Waals surface area contributed by atoms with Crippen molar-refractivity contribution in [2.45, 2.75) is 13.8 Å². The Hall–Kier alpha value is -3.03. The van der Waals surface area contributed by atoms with Crippen molar-refractivity contribution in [3.05, 3.63) is 57.7 Å². The number of hydrogen-bond acceptors (Lipinski definition) is 5. The Balaban J connectivity index is 1.61. The molecule has 2 N–H and O–H groups in total. The Bertz CT molecular complexity index is 1150. The molecule has 3 rings (SSSR count). The highest BCUT2D eigenvalue weighted by Gasteiger charge is 2.15. The van der Waals surface area contributed by atoms with E-state index in [0.717, 1.165) is 11.3 Å². The van der Waals surface area contributed by atoms with Gasteiger partial charge in [-0.05, 0) is 49.7 Å². The number of methoxy groups -OCH3 is 1. The summed E-state index contributed by atoms with van der Waals surface area (Å²) in [6.07, 6.45) is 0. The number of nitrogens with zero attached hydrogens (tertiary/aromatic N) is 1. The first-order valence-corrected chi connectivity index (χ1v) is 10.1. The van der Waals surface area contributed by atoms with Gasteiger partial charge >= 0.3 is 0 Å². The quantitative estimate of drug-likeness (QED) is 0.547. The molecule has 9 heteroatoms. The standard InChI is InChI=1S/C22H21Cl2N3O4/c1-12-4-7-18(30-3)17(8-12)27-19(28)10-25-20(29)11-31-22-16(24)9-15(23)14-6-5-13(2)26-21(14)22/h4-9H,10-11H2,1-3H3,(H,25,29)(H,27,28). The first-order valence-electron chi connectivity index (χ1n) is 9.38. The Morgan fingerprint density at radius 3 is 2.55 bits per heavy atom. The van der Waals surface area contributed by atoms with Crippen LogP contribution in [0.15, 0.2) is 36.4 Å². The van der Waals surface area contributed by atoms with E-state index in [1.807, 2.05) is 32.0 Å². The summed E-state index contributed by atoms with van der Waals surface area (Å²) in [5.74, 6) is -0.0998. The highest BCUT2D eigenvalue weighted by atomic mass is 35.5. The predicted molar refractivity (Wildman–Crippen MR) is 121 cm³/mol. The number of halogens is 2. The number of aromatic nitrogens is 1. The molecule has 0 saturated heterocycles. The van der Waals surface area contributed by atoms with E-state index in [-0.39, 0.29) is 23.9 Å². The third-order valence-electron chi connectivity index (χ3n) is 4.40. The molecule has 0 spiro atoms. The second-order valence-electron chi connectivity index (χ2n) is 6.84. The summed E-state index contributed by atoms with van der Waals surface area (Å²) in [6.45, 7) is 3.15. The van der Waals surface area contributed by atoms with E-state index in [1.54, 1.807) is 18.2 Å². The average Bonchev–Trinajstić information content (AvgIpc) is 2.72. The maximum atomic E-state index is 12.2. The van der Waals surface area contributed by atoms with Crippen LogP contribution in [0.5, 0.6) is 11.5 Å². The second kappa shape index (κ2) is 9.85. The van der Waals surface area contributed by atoms with Crippen LogP contribution in [0.4, 0.5) is 5.69 Å². The summed E-state index contributed by atoms with van der Waals surface area (Å²) in [5.41, 5.74) is 2.71. The van der Waals surface area contributed by atoms with Crippen LogP contribution in [-0.2, 0) is 9.59 Å². The van der Waals surface area contributed by atoms with Crippen molar-refractivity contribution in [3.8, 4) is 11.5 Å². The van der Waals surface area contributed by atoms with Crippen LogP contribution in [-0.4, -0.2) is 37.1 Å². The summed E-state index contributed by atoms with van der Waals surface area (Å²) >= 11 is 12.5. The molecule has 0 fully saturated rings. The number of aryl methyl sites for hydroxylation is 2. The molecular formula is C22H21Cl2N3O4. The van der Waals surface area contributed by atoms with Crippen LogP contribution >= 0.6 is 23.2 Å². The summed E-state index contributed by atoms with van der Waals surface area (Å²) in [4.78, 5) is 28.8. The number of rotatable bonds is 7. The SMILES string of the molecule is COc1ccc(C)cc1NC(=O)CNC(=O)COc1c(Cl)cc(Cl)c2ccc(C)nc12. The Morgan fingerprint density at radius 1 is 1.03 bits per heavy atom. The highest BCUT2D eigenvalue weighted by molar-refractivity contribution is 6.39. The number of anilines is 1. The van der Waals surface area contributed by atoms with Crippen LogP contribution in [0, 0.1) is 13.8 Å². The van der Waals surface area contributed by atoms with Gasteiger partial charge in [0.2, 0.25) is 5.91 Å². The fourth-order valence-corrected chi connectivity index (χ4v) is 3.48. The zero-order chi connectivity index (χ0) is 22.5. The van der Waals surface area contributed by atoms with E-state index in [1.165, 1.54) is 7.11 Å². The number of hydrogen-bond donors (Lipinski definition) is 2. The molecule has 0 unspecified atom stereocenters. The van der Waals surface area contributed by atoms with Gasteiger partial charge in [0.05, 0.1) is 29.4 Å². The maximum absolute atomic E-state index is 12.2. The zero-order valence-electron chi connectivity index (χ0n) is 17.2. The van der Waals surface area contributed by atoms with Gasteiger partial charge in [-0.3, -0.25) is 9.59 Å². The normalized spacial score (nSPS) is 10.6. The van der Waals surface area contributed by atoms with Gasteiger partial charge in [-0.2, -0.15) is 0 Å². The van der Waals surface area contributed by atoms with E-state index in [4.69, 9.17) is 32.7 Å². The molecule has 0 aliphatic rings. The lowest BCUT2D eigenvalue weighted by Gasteiger charge is -2.13. The second-order valence-corrected chi connectivity index (χ2v) is 7.65. The molecule has 0 atom stereocenters.